The standard InChI is InChI=1S/C14H11BrFNO4/c15-10-1-3-11(4-2-10)20-7-8-21-12-5-6-14(17(18)19)13(16)9-12/h1-6,9H,7-8H2. The van der Waals surface area contributed by atoms with Crippen molar-refractivity contribution in [1.82, 2.24) is 0 Å². The first-order valence-electron chi connectivity index (χ1n) is 6.01. The highest BCUT2D eigenvalue weighted by Crippen LogP contribution is 2.22. The van der Waals surface area contributed by atoms with Crippen molar-refractivity contribution in [3.8, 4) is 11.5 Å². The van der Waals surface area contributed by atoms with Crippen LogP contribution in [0.1, 0.15) is 0 Å². The first-order valence-corrected chi connectivity index (χ1v) is 6.80. The molecule has 0 bridgehead atoms. The van der Waals surface area contributed by atoms with E-state index in [1.54, 1.807) is 12.1 Å². The first-order chi connectivity index (χ1) is 10.1. The molecular weight excluding hydrogens is 345 g/mol. The van der Waals surface area contributed by atoms with Gasteiger partial charge < -0.3 is 9.47 Å². The van der Waals surface area contributed by atoms with Crippen molar-refractivity contribution in [3.63, 3.8) is 0 Å². The van der Waals surface area contributed by atoms with E-state index < -0.39 is 16.4 Å². The molecule has 2 aromatic carbocycles. The second-order valence-electron chi connectivity index (χ2n) is 4.02. The molecule has 7 heteroatoms. The van der Waals surface area contributed by atoms with E-state index in [-0.39, 0.29) is 19.0 Å². The third kappa shape index (κ3) is 4.42. The normalized spacial score (nSPS) is 10.2. The third-order valence-corrected chi connectivity index (χ3v) is 3.08. The summed E-state index contributed by atoms with van der Waals surface area (Å²) in [5.74, 6) is -0.0134. The highest BCUT2D eigenvalue weighted by Gasteiger charge is 2.14. The van der Waals surface area contributed by atoms with Crippen LogP contribution in [0.3, 0.4) is 0 Å². The van der Waals surface area contributed by atoms with Gasteiger partial charge in [-0.05, 0) is 30.3 Å². The quantitative estimate of drug-likeness (QED) is 0.447. The van der Waals surface area contributed by atoms with Crippen molar-refractivity contribution in [1.29, 1.82) is 0 Å². The van der Waals surface area contributed by atoms with Gasteiger partial charge in [0.25, 0.3) is 0 Å². The van der Waals surface area contributed by atoms with E-state index in [4.69, 9.17) is 9.47 Å². The SMILES string of the molecule is O=[N+]([O-])c1ccc(OCCOc2ccc(Br)cc2)cc1F. The van der Waals surface area contributed by atoms with Crippen LogP contribution >= 0.6 is 15.9 Å². The number of hydrogen-bond acceptors (Lipinski definition) is 4. The lowest BCUT2D eigenvalue weighted by molar-refractivity contribution is -0.387. The maximum atomic E-state index is 13.4. The number of benzene rings is 2. The molecule has 110 valence electrons. The molecule has 0 aliphatic carbocycles. The van der Waals surface area contributed by atoms with Gasteiger partial charge in [-0.1, -0.05) is 15.9 Å². The Labute approximate surface area is 128 Å². The predicted octanol–water partition coefficient (Wildman–Crippen LogP) is 3.95. The lowest BCUT2D eigenvalue weighted by Crippen LogP contribution is -2.09. The summed E-state index contributed by atoms with van der Waals surface area (Å²) in [4.78, 5) is 9.69. The molecule has 0 unspecified atom stereocenters. The number of rotatable bonds is 6. The molecule has 0 aromatic heterocycles. The number of hydrogen-bond donors (Lipinski definition) is 0. The van der Waals surface area contributed by atoms with Crippen LogP contribution < -0.4 is 9.47 Å². The minimum absolute atomic E-state index is 0.202. The summed E-state index contributed by atoms with van der Waals surface area (Å²) in [6, 6.07) is 10.7. The molecule has 0 saturated heterocycles. The van der Waals surface area contributed by atoms with Crippen LogP contribution in [0.25, 0.3) is 0 Å². The Morgan fingerprint density at radius 3 is 2.19 bits per heavy atom. The lowest BCUT2D eigenvalue weighted by Gasteiger charge is -2.08. The van der Waals surface area contributed by atoms with E-state index >= 15 is 0 Å². The zero-order chi connectivity index (χ0) is 15.2. The number of ether oxygens (including phenoxy) is 2. The van der Waals surface area contributed by atoms with Gasteiger partial charge in [0.05, 0.1) is 4.92 Å². The van der Waals surface area contributed by atoms with E-state index in [2.05, 4.69) is 15.9 Å². The molecule has 21 heavy (non-hydrogen) atoms. The summed E-state index contributed by atoms with van der Waals surface area (Å²) in [6.45, 7) is 0.480. The topological polar surface area (TPSA) is 61.6 Å². The average molecular weight is 356 g/mol. The Bertz CT molecular complexity index is 633. The van der Waals surface area contributed by atoms with Crippen LogP contribution in [0.15, 0.2) is 46.9 Å². The van der Waals surface area contributed by atoms with E-state index in [1.165, 1.54) is 6.07 Å². The van der Waals surface area contributed by atoms with Gasteiger partial charge >= 0.3 is 5.69 Å². The molecule has 0 aliphatic heterocycles. The van der Waals surface area contributed by atoms with Gasteiger partial charge in [0.15, 0.2) is 0 Å². The van der Waals surface area contributed by atoms with Crippen LogP contribution in [-0.4, -0.2) is 18.1 Å². The fraction of sp³-hybridized carbons (Fsp3) is 0.143. The Morgan fingerprint density at radius 1 is 1.05 bits per heavy atom. The number of halogens is 2. The minimum atomic E-state index is -0.925. The van der Waals surface area contributed by atoms with E-state index in [1.807, 2.05) is 12.1 Å². The van der Waals surface area contributed by atoms with Gasteiger partial charge in [-0.3, -0.25) is 10.1 Å². The Kier molecular flexibility index (Phi) is 5.10. The minimum Gasteiger partial charge on any atom is -0.490 e. The monoisotopic (exact) mass is 355 g/mol. The molecule has 0 heterocycles. The molecule has 0 amide bonds. The summed E-state index contributed by atoms with van der Waals surface area (Å²) in [7, 11) is 0. The van der Waals surface area contributed by atoms with Crippen molar-refractivity contribution in [2.24, 2.45) is 0 Å². The first kappa shape index (κ1) is 15.2. The van der Waals surface area contributed by atoms with E-state index in [9.17, 15) is 14.5 Å². The summed E-state index contributed by atoms with van der Waals surface area (Å²) >= 11 is 3.32. The summed E-state index contributed by atoms with van der Waals surface area (Å²) in [6.07, 6.45) is 0. The molecule has 5 nitrogen and oxygen atoms in total. The van der Waals surface area contributed by atoms with Crippen molar-refractivity contribution in [2.75, 3.05) is 13.2 Å². The second-order valence-corrected chi connectivity index (χ2v) is 4.94. The van der Waals surface area contributed by atoms with Crippen molar-refractivity contribution in [3.05, 3.63) is 62.9 Å². The summed E-state index contributed by atoms with van der Waals surface area (Å²) < 4.78 is 25.0. The third-order valence-electron chi connectivity index (χ3n) is 2.55. The second kappa shape index (κ2) is 7.03. The van der Waals surface area contributed by atoms with Gasteiger partial charge in [0.2, 0.25) is 5.82 Å². The average Bonchev–Trinajstić information content (AvgIpc) is 2.45. The van der Waals surface area contributed by atoms with Crippen LogP contribution in [0, 0.1) is 15.9 Å². The molecule has 2 rings (SSSR count). The predicted molar refractivity (Wildman–Crippen MR) is 78.2 cm³/mol. The molecule has 2 aromatic rings. The highest BCUT2D eigenvalue weighted by atomic mass is 79.9. The molecule has 0 N–H and O–H groups in total. The number of nitrogens with zero attached hydrogens (tertiary/aromatic N) is 1. The molecule has 0 radical (unpaired) electrons. The molecule has 0 saturated carbocycles. The van der Waals surface area contributed by atoms with Crippen LogP contribution in [0.2, 0.25) is 0 Å². The molecule has 0 aliphatic rings. The van der Waals surface area contributed by atoms with E-state index in [0.717, 1.165) is 16.6 Å². The van der Waals surface area contributed by atoms with Gasteiger partial charge in [0.1, 0.15) is 24.7 Å². The zero-order valence-electron chi connectivity index (χ0n) is 10.8. The Balaban J connectivity index is 1.82. The largest absolute Gasteiger partial charge is 0.490 e. The number of nitro groups is 1. The summed E-state index contributed by atoms with van der Waals surface area (Å²) in [5.41, 5.74) is -0.575. The van der Waals surface area contributed by atoms with Crippen LogP contribution in [0.5, 0.6) is 11.5 Å². The smallest absolute Gasteiger partial charge is 0.305 e. The van der Waals surface area contributed by atoms with Crippen LogP contribution in [-0.2, 0) is 0 Å². The van der Waals surface area contributed by atoms with Crippen molar-refractivity contribution < 1.29 is 18.8 Å². The van der Waals surface area contributed by atoms with Crippen molar-refractivity contribution in [2.45, 2.75) is 0 Å². The Hall–Kier alpha value is -2.15. The molecular formula is C14H11BrFNO4. The van der Waals surface area contributed by atoms with Gasteiger partial charge in [0, 0.05) is 16.6 Å². The molecule has 0 spiro atoms. The lowest BCUT2D eigenvalue weighted by atomic mass is 10.3. The van der Waals surface area contributed by atoms with E-state index in [0.29, 0.717) is 5.75 Å². The zero-order valence-corrected chi connectivity index (χ0v) is 12.4. The molecule has 0 atom stereocenters. The highest BCUT2D eigenvalue weighted by molar-refractivity contribution is 9.10. The fourth-order valence-corrected chi connectivity index (χ4v) is 1.84. The van der Waals surface area contributed by atoms with Crippen LogP contribution in [0.4, 0.5) is 10.1 Å². The van der Waals surface area contributed by atoms with Gasteiger partial charge in [-0.25, -0.2) is 0 Å². The van der Waals surface area contributed by atoms with Gasteiger partial charge in [-0.2, -0.15) is 4.39 Å². The number of nitro benzene ring substituents is 1. The van der Waals surface area contributed by atoms with Crippen molar-refractivity contribution >= 4 is 21.6 Å². The fourth-order valence-electron chi connectivity index (χ4n) is 1.58. The van der Waals surface area contributed by atoms with Gasteiger partial charge in [-0.15, -0.1) is 0 Å². The Morgan fingerprint density at radius 2 is 1.62 bits per heavy atom. The molecule has 0 fully saturated rings. The maximum absolute atomic E-state index is 13.4. The maximum Gasteiger partial charge on any atom is 0.305 e. The summed E-state index contributed by atoms with van der Waals surface area (Å²) in [5, 5.41) is 10.5.